The lowest BCUT2D eigenvalue weighted by molar-refractivity contribution is 0.0886. The molecule has 0 aliphatic carbocycles. The molecule has 0 spiro atoms. The fourth-order valence-electron chi connectivity index (χ4n) is 1.97. The molecule has 0 aliphatic rings. The van der Waals surface area contributed by atoms with E-state index in [2.05, 4.69) is 18.3 Å². The van der Waals surface area contributed by atoms with Gasteiger partial charge in [0.15, 0.2) is 11.5 Å². The molecule has 0 fully saturated rings. The minimum absolute atomic E-state index is 0.00784. The maximum absolute atomic E-state index is 6.01. The van der Waals surface area contributed by atoms with Crippen LogP contribution in [-0.4, -0.2) is 33.0 Å². The molecule has 1 N–H and O–H groups in total. The maximum Gasteiger partial charge on any atom is 0.166 e. The Bertz CT molecular complexity index is 382. The van der Waals surface area contributed by atoms with Gasteiger partial charge in [0.1, 0.15) is 6.10 Å². The first-order chi connectivity index (χ1) is 9.72. The summed E-state index contributed by atoms with van der Waals surface area (Å²) in [6.45, 7) is 9.08. The molecule has 1 atom stereocenters. The highest BCUT2D eigenvalue weighted by atomic mass is 16.5. The summed E-state index contributed by atoms with van der Waals surface area (Å²) in [6, 6.07) is 6.02. The van der Waals surface area contributed by atoms with Crippen molar-refractivity contribution in [2.45, 2.75) is 39.8 Å². The van der Waals surface area contributed by atoms with Crippen molar-refractivity contribution in [2.75, 3.05) is 26.9 Å². The van der Waals surface area contributed by atoms with Crippen molar-refractivity contribution in [3.05, 3.63) is 23.8 Å². The molecule has 0 aromatic heterocycles. The molecule has 0 radical (unpaired) electrons. The Morgan fingerprint density at radius 3 is 2.70 bits per heavy atom. The third-order valence-corrected chi connectivity index (χ3v) is 2.82. The first kappa shape index (κ1) is 16.8. The molecule has 0 saturated heterocycles. The Labute approximate surface area is 122 Å². The SMILES string of the molecule is CCCNCc1cccc(OCC)c1OC(C)COC. The predicted octanol–water partition coefficient (Wildman–Crippen LogP) is 3.00. The molecule has 4 nitrogen and oxygen atoms in total. The molecule has 1 aromatic carbocycles. The Hall–Kier alpha value is -1.26. The van der Waals surface area contributed by atoms with Crippen molar-refractivity contribution in [3.63, 3.8) is 0 Å². The van der Waals surface area contributed by atoms with Crippen LogP contribution in [0.25, 0.3) is 0 Å². The number of hydrogen-bond acceptors (Lipinski definition) is 4. The lowest BCUT2D eigenvalue weighted by Crippen LogP contribution is -2.21. The monoisotopic (exact) mass is 281 g/mol. The molecule has 4 heteroatoms. The van der Waals surface area contributed by atoms with Gasteiger partial charge < -0.3 is 19.5 Å². The molecule has 1 unspecified atom stereocenters. The van der Waals surface area contributed by atoms with Gasteiger partial charge in [0, 0.05) is 19.2 Å². The molecule has 0 bridgehead atoms. The van der Waals surface area contributed by atoms with Gasteiger partial charge in [-0.2, -0.15) is 0 Å². The van der Waals surface area contributed by atoms with E-state index in [4.69, 9.17) is 14.2 Å². The van der Waals surface area contributed by atoms with Gasteiger partial charge in [-0.15, -0.1) is 0 Å². The summed E-state index contributed by atoms with van der Waals surface area (Å²) in [6.07, 6.45) is 1.10. The summed E-state index contributed by atoms with van der Waals surface area (Å²) in [7, 11) is 1.68. The van der Waals surface area contributed by atoms with E-state index in [1.807, 2.05) is 26.0 Å². The molecule has 0 aliphatic heterocycles. The number of nitrogens with one attached hydrogen (secondary N) is 1. The number of hydrogen-bond donors (Lipinski definition) is 1. The van der Waals surface area contributed by atoms with E-state index in [1.165, 1.54) is 0 Å². The van der Waals surface area contributed by atoms with Crippen LogP contribution in [0.1, 0.15) is 32.8 Å². The fourth-order valence-corrected chi connectivity index (χ4v) is 1.97. The highest BCUT2D eigenvalue weighted by Gasteiger charge is 2.14. The van der Waals surface area contributed by atoms with Crippen molar-refractivity contribution < 1.29 is 14.2 Å². The molecule has 0 amide bonds. The van der Waals surface area contributed by atoms with E-state index >= 15 is 0 Å². The summed E-state index contributed by atoms with van der Waals surface area (Å²) in [5, 5.41) is 3.40. The largest absolute Gasteiger partial charge is 0.490 e. The maximum atomic E-state index is 6.01. The van der Waals surface area contributed by atoms with Crippen LogP contribution in [0.2, 0.25) is 0 Å². The van der Waals surface area contributed by atoms with E-state index in [1.54, 1.807) is 7.11 Å². The van der Waals surface area contributed by atoms with Gasteiger partial charge in [-0.25, -0.2) is 0 Å². The summed E-state index contributed by atoms with van der Waals surface area (Å²) < 4.78 is 16.8. The third-order valence-electron chi connectivity index (χ3n) is 2.82. The highest BCUT2D eigenvalue weighted by Crippen LogP contribution is 2.32. The fraction of sp³-hybridized carbons (Fsp3) is 0.625. The Balaban J connectivity index is 2.87. The van der Waals surface area contributed by atoms with Crippen LogP contribution in [-0.2, 0) is 11.3 Å². The van der Waals surface area contributed by atoms with Crippen molar-refractivity contribution in [3.8, 4) is 11.5 Å². The number of ether oxygens (including phenoxy) is 3. The number of methoxy groups -OCH3 is 1. The van der Waals surface area contributed by atoms with Crippen LogP contribution in [0.3, 0.4) is 0 Å². The molecule has 0 saturated carbocycles. The van der Waals surface area contributed by atoms with E-state index in [0.29, 0.717) is 13.2 Å². The van der Waals surface area contributed by atoms with Gasteiger partial charge in [0.25, 0.3) is 0 Å². The van der Waals surface area contributed by atoms with Gasteiger partial charge in [-0.1, -0.05) is 19.1 Å². The summed E-state index contributed by atoms with van der Waals surface area (Å²) in [5.74, 6) is 1.62. The number of rotatable bonds is 10. The van der Waals surface area contributed by atoms with Crippen LogP contribution in [0, 0.1) is 0 Å². The summed E-state index contributed by atoms with van der Waals surface area (Å²) in [5.41, 5.74) is 1.12. The predicted molar refractivity (Wildman–Crippen MR) is 81.6 cm³/mol. The van der Waals surface area contributed by atoms with Crippen LogP contribution in [0.4, 0.5) is 0 Å². The van der Waals surface area contributed by atoms with Crippen LogP contribution >= 0.6 is 0 Å². The van der Waals surface area contributed by atoms with Gasteiger partial charge in [0.2, 0.25) is 0 Å². The second-order valence-electron chi connectivity index (χ2n) is 4.74. The molecule has 114 valence electrons. The van der Waals surface area contributed by atoms with Gasteiger partial charge in [-0.05, 0) is 32.9 Å². The van der Waals surface area contributed by atoms with Crippen LogP contribution in [0.5, 0.6) is 11.5 Å². The van der Waals surface area contributed by atoms with E-state index in [0.717, 1.165) is 36.6 Å². The normalized spacial score (nSPS) is 12.2. The lowest BCUT2D eigenvalue weighted by Gasteiger charge is -2.20. The van der Waals surface area contributed by atoms with E-state index < -0.39 is 0 Å². The quantitative estimate of drug-likeness (QED) is 0.669. The smallest absolute Gasteiger partial charge is 0.166 e. The molecule has 1 aromatic rings. The second-order valence-corrected chi connectivity index (χ2v) is 4.74. The zero-order valence-corrected chi connectivity index (χ0v) is 13.1. The second kappa shape index (κ2) is 9.61. The van der Waals surface area contributed by atoms with Gasteiger partial charge in [-0.3, -0.25) is 0 Å². The van der Waals surface area contributed by atoms with Crippen molar-refractivity contribution >= 4 is 0 Å². The summed E-state index contributed by atoms with van der Waals surface area (Å²) in [4.78, 5) is 0. The minimum atomic E-state index is -0.00784. The van der Waals surface area contributed by atoms with E-state index in [-0.39, 0.29) is 6.10 Å². The van der Waals surface area contributed by atoms with Crippen molar-refractivity contribution in [1.29, 1.82) is 0 Å². The van der Waals surface area contributed by atoms with Crippen molar-refractivity contribution in [2.24, 2.45) is 0 Å². The number of para-hydroxylation sites is 1. The highest BCUT2D eigenvalue weighted by molar-refractivity contribution is 5.46. The lowest BCUT2D eigenvalue weighted by atomic mass is 10.1. The van der Waals surface area contributed by atoms with Gasteiger partial charge in [0.05, 0.1) is 13.2 Å². The molecule has 0 heterocycles. The van der Waals surface area contributed by atoms with Crippen molar-refractivity contribution in [1.82, 2.24) is 5.32 Å². The zero-order valence-electron chi connectivity index (χ0n) is 13.1. The molecular weight excluding hydrogens is 254 g/mol. The molecule has 20 heavy (non-hydrogen) atoms. The Morgan fingerprint density at radius 1 is 1.25 bits per heavy atom. The first-order valence-corrected chi connectivity index (χ1v) is 7.33. The molecular formula is C16H27NO3. The number of benzene rings is 1. The summed E-state index contributed by atoms with van der Waals surface area (Å²) >= 11 is 0. The minimum Gasteiger partial charge on any atom is -0.490 e. The zero-order chi connectivity index (χ0) is 14.8. The Kier molecular flexibility index (Phi) is 8.07. The average Bonchev–Trinajstić information content (AvgIpc) is 2.43. The first-order valence-electron chi connectivity index (χ1n) is 7.33. The third kappa shape index (κ3) is 5.39. The molecule has 1 rings (SSSR count). The Morgan fingerprint density at radius 2 is 2.05 bits per heavy atom. The van der Waals surface area contributed by atoms with Gasteiger partial charge >= 0.3 is 0 Å². The van der Waals surface area contributed by atoms with Crippen LogP contribution < -0.4 is 14.8 Å². The van der Waals surface area contributed by atoms with Crippen LogP contribution in [0.15, 0.2) is 18.2 Å². The average molecular weight is 281 g/mol. The van der Waals surface area contributed by atoms with E-state index in [9.17, 15) is 0 Å². The topological polar surface area (TPSA) is 39.7 Å². The standard InChI is InChI=1S/C16H27NO3/c1-5-10-17-11-14-8-7-9-15(19-6-2)16(14)20-13(3)12-18-4/h7-9,13,17H,5-6,10-12H2,1-4H3.